The fourth-order valence-corrected chi connectivity index (χ4v) is 3.71. The van der Waals surface area contributed by atoms with Crippen LogP contribution in [0.3, 0.4) is 0 Å². The maximum atomic E-state index is 12.3. The highest BCUT2D eigenvalue weighted by Crippen LogP contribution is 2.22. The van der Waals surface area contributed by atoms with E-state index in [9.17, 15) is 13.2 Å². The van der Waals surface area contributed by atoms with Crippen molar-refractivity contribution < 1.29 is 13.2 Å². The molecule has 1 amide bonds. The van der Waals surface area contributed by atoms with Crippen molar-refractivity contribution in [1.29, 1.82) is 0 Å². The van der Waals surface area contributed by atoms with E-state index < -0.39 is 10.2 Å². The Morgan fingerprint density at radius 3 is 2.74 bits per heavy atom. The number of aromatic nitrogens is 2. The molecular formula is C13H16BrN5O3S. The van der Waals surface area contributed by atoms with E-state index >= 15 is 0 Å². The van der Waals surface area contributed by atoms with Gasteiger partial charge in [-0.15, -0.1) is 0 Å². The van der Waals surface area contributed by atoms with Crippen molar-refractivity contribution in [3.05, 3.63) is 22.7 Å². The molecule has 0 radical (unpaired) electrons. The van der Waals surface area contributed by atoms with Crippen LogP contribution in [0.5, 0.6) is 0 Å². The van der Waals surface area contributed by atoms with Crippen LogP contribution < -0.4 is 10.5 Å². The molecule has 0 atom stereocenters. The van der Waals surface area contributed by atoms with Gasteiger partial charge < -0.3 is 4.98 Å². The fraction of sp³-hybridized carbons (Fsp3) is 0.385. The first-order valence-electron chi connectivity index (χ1n) is 7.07. The van der Waals surface area contributed by atoms with E-state index in [-0.39, 0.29) is 24.9 Å². The number of nitrogens with two attached hydrogens (primary N) is 1. The average molecular weight is 402 g/mol. The molecule has 124 valence electrons. The van der Waals surface area contributed by atoms with Gasteiger partial charge in [-0.25, -0.2) is 10.1 Å². The highest BCUT2D eigenvalue weighted by molar-refractivity contribution is 9.10. The number of anilines is 1. The Morgan fingerprint density at radius 1 is 1.39 bits per heavy atom. The van der Waals surface area contributed by atoms with Crippen molar-refractivity contribution in [2.75, 3.05) is 18.4 Å². The summed E-state index contributed by atoms with van der Waals surface area (Å²) in [6.07, 6.45) is 0.877. The number of carbonyl (C=O) groups is 1. The second-order valence-electron chi connectivity index (χ2n) is 5.45. The second-order valence-corrected chi connectivity index (χ2v) is 7.92. The summed E-state index contributed by atoms with van der Waals surface area (Å²) >= 11 is 3.38. The van der Waals surface area contributed by atoms with Gasteiger partial charge in [0.05, 0.1) is 11.0 Å². The van der Waals surface area contributed by atoms with E-state index in [4.69, 9.17) is 5.14 Å². The van der Waals surface area contributed by atoms with Gasteiger partial charge in [-0.2, -0.15) is 12.7 Å². The van der Waals surface area contributed by atoms with E-state index in [1.54, 1.807) is 0 Å². The summed E-state index contributed by atoms with van der Waals surface area (Å²) in [5, 5.41) is 7.84. The SMILES string of the molecule is NS(=O)(=O)N1CCC(C(=O)Nc2nc3ccc(Br)cc3[nH]2)CC1. The number of imidazole rings is 1. The van der Waals surface area contributed by atoms with Gasteiger partial charge in [0.2, 0.25) is 11.9 Å². The summed E-state index contributed by atoms with van der Waals surface area (Å²) in [6, 6.07) is 5.59. The number of aromatic amines is 1. The lowest BCUT2D eigenvalue weighted by molar-refractivity contribution is -0.120. The zero-order valence-corrected chi connectivity index (χ0v) is 14.5. The average Bonchev–Trinajstić information content (AvgIpc) is 2.87. The molecule has 1 saturated heterocycles. The standard InChI is InChI=1S/C13H16BrN5O3S/c14-9-1-2-10-11(7-9)17-13(16-10)18-12(20)8-3-5-19(6-4-8)23(15,21)22/h1-2,7-8H,3-6H2,(H2,15,21,22)(H2,16,17,18,20). The molecule has 1 aromatic heterocycles. The van der Waals surface area contributed by atoms with Crippen molar-refractivity contribution in [3.8, 4) is 0 Å². The Hall–Kier alpha value is -1.49. The van der Waals surface area contributed by atoms with Crippen LogP contribution in [0.25, 0.3) is 11.0 Å². The fourth-order valence-electron chi connectivity index (χ4n) is 2.63. The van der Waals surface area contributed by atoms with E-state index in [1.165, 1.54) is 4.31 Å². The Kier molecular flexibility index (Phi) is 4.41. The van der Waals surface area contributed by atoms with Gasteiger partial charge in [-0.05, 0) is 31.0 Å². The van der Waals surface area contributed by atoms with Crippen LogP contribution in [0.2, 0.25) is 0 Å². The second kappa shape index (κ2) is 6.19. The topological polar surface area (TPSA) is 121 Å². The predicted molar refractivity (Wildman–Crippen MR) is 89.8 cm³/mol. The molecule has 4 N–H and O–H groups in total. The molecule has 0 saturated carbocycles. The number of nitrogens with one attached hydrogen (secondary N) is 2. The van der Waals surface area contributed by atoms with Crippen molar-refractivity contribution in [2.24, 2.45) is 11.1 Å². The van der Waals surface area contributed by atoms with Crippen LogP contribution in [-0.2, 0) is 15.0 Å². The third-order valence-electron chi connectivity index (χ3n) is 3.87. The number of fused-ring (bicyclic) bond motifs is 1. The van der Waals surface area contributed by atoms with Crippen LogP contribution in [0.15, 0.2) is 22.7 Å². The maximum absolute atomic E-state index is 12.3. The molecule has 0 spiro atoms. The summed E-state index contributed by atoms with van der Waals surface area (Å²) < 4.78 is 24.6. The molecule has 8 nitrogen and oxygen atoms in total. The van der Waals surface area contributed by atoms with Gasteiger partial charge in [-0.3, -0.25) is 10.1 Å². The Bertz CT molecular complexity index is 842. The van der Waals surface area contributed by atoms with Crippen molar-refractivity contribution in [1.82, 2.24) is 14.3 Å². The number of benzene rings is 1. The van der Waals surface area contributed by atoms with Crippen molar-refractivity contribution >= 4 is 49.0 Å². The lowest BCUT2D eigenvalue weighted by atomic mass is 9.97. The van der Waals surface area contributed by atoms with Gasteiger partial charge in [0.1, 0.15) is 0 Å². The van der Waals surface area contributed by atoms with E-state index in [0.717, 1.165) is 15.5 Å². The number of carbonyl (C=O) groups excluding carboxylic acids is 1. The molecule has 2 heterocycles. The minimum absolute atomic E-state index is 0.169. The van der Waals surface area contributed by atoms with Gasteiger partial charge in [0.25, 0.3) is 10.2 Å². The first kappa shape index (κ1) is 16.4. The molecule has 0 unspecified atom stereocenters. The number of H-pyrrole nitrogens is 1. The molecule has 0 bridgehead atoms. The highest BCUT2D eigenvalue weighted by Gasteiger charge is 2.29. The monoisotopic (exact) mass is 401 g/mol. The van der Waals surface area contributed by atoms with Gasteiger partial charge in [0.15, 0.2) is 0 Å². The summed E-state index contributed by atoms with van der Waals surface area (Å²) in [5.41, 5.74) is 1.58. The molecule has 1 aromatic carbocycles. The number of halogens is 1. The van der Waals surface area contributed by atoms with Gasteiger partial charge >= 0.3 is 0 Å². The van der Waals surface area contributed by atoms with Crippen LogP contribution in [0, 0.1) is 5.92 Å². The zero-order valence-electron chi connectivity index (χ0n) is 12.1. The molecule has 23 heavy (non-hydrogen) atoms. The highest BCUT2D eigenvalue weighted by atomic mass is 79.9. The first-order chi connectivity index (χ1) is 10.8. The van der Waals surface area contributed by atoms with Crippen LogP contribution in [0.1, 0.15) is 12.8 Å². The maximum Gasteiger partial charge on any atom is 0.276 e. The third-order valence-corrected chi connectivity index (χ3v) is 5.45. The Morgan fingerprint density at radius 2 is 2.09 bits per heavy atom. The molecule has 2 aromatic rings. The minimum Gasteiger partial charge on any atom is -0.324 e. The van der Waals surface area contributed by atoms with Crippen LogP contribution >= 0.6 is 15.9 Å². The molecule has 1 aliphatic heterocycles. The normalized spacial score (nSPS) is 17.5. The molecule has 1 aliphatic rings. The van der Waals surface area contributed by atoms with Crippen molar-refractivity contribution in [2.45, 2.75) is 12.8 Å². The lowest BCUT2D eigenvalue weighted by Gasteiger charge is -2.28. The molecular weight excluding hydrogens is 386 g/mol. The van der Waals surface area contributed by atoms with E-state index in [2.05, 4.69) is 31.2 Å². The smallest absolute Gasteiger partial charge is 0.276 e. The summed E-state index contributed by atoms with van der Waals surface area (Å²) in [7, 11) is -3.68. The van der Waals surface area contributed by atoms with Crippen molar-refractivity contribution in [3.63, 3.8) is 0 Å². The van der Waals surface area contributed by atoms with Crippen LogP contribution in [0.4, 0.5) is 5.95 Å². The Labute approximate surface area is 141 Å². The summed E-state index contributed by atoms with van der Waals surface area (Å²) in [6.45, 7) is 0.508. The lowest BCUT2D eigenvalue weighted by Crippen LogP contribution is -2.44. The minimum atomic E-state index is -3.68. The first-order valence-corrected chi connectivity index (χ1v) is 9.36. The molecule has 1 fully saturated rings. The number of piperidine rings is 1. The van der Waals surface area contributed by atoms with E-state index in [1.807, 2.05) is 18.2 Å². The molecule has 0 aliphatic carbocycles. The predicted octanol–water partition coefficient (Wildman–Crippen LogP) is 1.18. The van der Waals surface area contributed by atoms with Gasteiger partial charge in [-0.1, -0.05) is 15.9 Å². The number of rotatable bonds is 3. The summed E-state index contributed by atoms with van der Waals surface area (Å²) in [5.74, 6) is -0.0397. The zero-order chi connectivity index (χ0) is 16.6. The number of amides is 1. The molecule has 3 rings (SSSR count). The quantitative estimate of drug-likeness (QED) is 0.714. The van der Waals surface area contributed by atoms with Crippen LogP contribution in [-0.4, -0.2) is 41.7 Å². The largest absolute Gasteiger partial charge is 0.324 e. The summed E-state index contributed by atoms with van der Waals surface area (Å²) in [4.78, 5) is 19.6. The van der Waals surface area contributed by atoms with Gasteiger partial charge in [0, 0.05) is 23.5 Å². The number of hydrogen-bond acceptors (Lipinski definition) is 4. The number of nitrogens with zero attached hydrogens (tertiary/aromatic N) is 2. The third kappa shape index (κ3) is 3.71. The molecule has 10 heteroatoms. The number of hydrogen-bond donors (Lipinski definition) is 3. The Balaban J connectivity index is 1.65. The van der Waals surface area contributed by atoms with E-state index in [0.29, 0.717) is 18.8 Å².